The zero-order valence-electron chi connectivity index (χ0n) is 17.2. The first-order valence-corrected chi connectivity index (χ1v) is 9.89. The van der Waals surface area contributed by atoms with Crippen molar-refractivity contribution in [1.29, 1.82) is 0 Å². The number of phenolic OH excluding ortho intramolecular Hbond substituents is 2. The van der Waals surface area contributed by atoms with E-state index in [0.29, 0.717) is 5.56 Å². The molecule has 0 heterocycles. The van der Waals surface area contributed by atoms with E-state index in [1.165, 1.54) is 36.4 Å². The van der Waals surface area contributed by atoms with Crippen molar-refractivity contribution in [3.63, 3.8) is 0 Å². The van der Waals surface area contributed by atoms with E-state index in [4.69, 9.17) is 9.47 Å². The lowest BCUT2D eigenvalue weighted by atomic mass is 9.79. The minimum absolute atomic E-state index is 0.167. The first kappa shape index (κ1) is 23.8. The van der Waals surface area contributed by atoms with E-state index in [1.807, 2.05) is 0 Å². The Bertz CT molecular complexity index is 1060. The summed E-state index contributed by atoms with van der Waals surface area (Å²) in [7, 11) is 0. The fraction of sp³-hybridized carbons (Fsp3) is 0.261. The van der Waals surface area contributed by atoms with Crippen LogP contribution in [0.4, 0.5) is 0 Å². The smallest absolute Gasteiger partial charge is 0.338 e. The summed E-state index contributed by atoms with van der Waals surface area (Å²) in [6.07, 6.45) is -3.54. The standard InChI is InChI=1S/C23H22O10/c24-15-8-6-13(10-16(15)25)7-9-19(27)32-18-12-23(31,22(29)30)11-17(26)20(18)33-21(28)14-4-2-1-3-5-14/h1-10,17-18,20,24-26,31H,11-12H2,(H,29,30)/b9-7+/t17-,18-,20-,23+/m1/s1. The number of hydrogen-bond acceptors (Lipinski definition) is 9. The second kappa shape index (κ2) is 9.72. The molecule has 0 aliphatic heterocycles. The molecule has 2 aromatic carbocycles. The molecule has 0 bridgehead atoms. The molecule has 10 heteroatoms. The van der Waals surface area contributed by atoms with E-state index in [-0.39, 0.29) is 11.3 Å². The summed E-state index contributed by atoms with van der Waals surface area (Å²) < 4.78 is 10.5. The number of benzene rings is 2. The Hall–Kier alpha value is -3.89. The van der Waals surface area contributed by atoms with E-state index in [2.05, 4.69) is 0 Å². The second-order valence-electron chi connectivity index (χ2n) is 7.61. The Morgan fingerprint density at radius 3 is 2.30 bits per heavy atom. The van der Waals surface area contributed by atoms with Gasteiger partial charge in [-0.1, -0.05) is 24.3 Å². The number of aliphatic hydroxyl groups is 2. The predicted molar refractivity (Wildman–Crippen MR) is 112 cm³/mol. The number of hydrogen-bond donors (Lipinski definition) is 5. The van der Waals surface area contributed by atoms with Gasteiger partial charge < -0.3 is 35.0 Å². The van der Waals surface area contributed by atoms with Gasteiger partial charge in [0, 0.05) is 18.9 Å². The van der Waals surface area contributed by atoms with E-state index >= 15 is 0 Å². The van der Waals surface area contributed by atoms with Crippen molar-refractivity contribution in [1.82, 2.24) is 0 Å². The quantitative estimate of drug-likeness (QED) is 0.241. The van der Waals surface area contributed by atoms with Gasteiger partial charge in [-0.15, -0.1) is 0 Å². The first-order valence-electron chi connectivity index (χ1n) is 9.89. The van der Waals surface area contributed by atoms with Gasteiger partial charge >= 0.3 is 17.9 Å². The number of ether oxygens (including phenoxy) is 2. The van der Waals surface area contributed by atoms with Gasteiger partial charge in [-0.3, -0.25) is 0 Å². The molecule has 2 aromatic rings. The van der Waals surface area contributed by atoms with Crippen molar-refractivity contribution >= 4 is 24.0 Å². The number of aromatic hydroxyl groups is 2. The maximum absolute atomic E-state index is 12.4. The number of aliphatic hydroxyl groups excluding tert-OH is 1. The minimum atomic E-state index is -2.40. The highest BCUT2D eigenvalue weighted by atomic mass is 16.6. The Kier molecular flexibility index (Phi) is 7.00. The maximum Gasteiger partial charge on any atom is 0.338 e. The molecule has 4 atom stereocenters. The summed E-state index contributed by atoms with van der Waals surface area (Å²) in [4.78, 5) is 36.3. The van der Waals surface area contributed by atoms with Crippen molar-refractivity contribution < 1.29 is 49.4 Å². The molecule has 3 rings (SSSR count). The fourth-order valence-electron chi connectivity index (χ4n) is 3.44. The number of carbonyl (C=O) groups excluding carboxylic acids is 2. The molecular weight excluding hydrogens is 436 g/mol. The zero-order valence-corrected chi connectivity index (χ0v) is 17.2. The summed E-state index contributed by atoms with van der Waals surface area (Å²) in [5.74, 6) is -4.17. The van der Waals surface area contributed by atoms with Crippen molar-refractivity contribution in [3.05, 3.63) is 65.7 Å². The van der Waals surface area contributed by atoms with Crippen LogP contribution in [0, 0.1) is 0 Å². The van der Waals surface area contributed by atoms with Gasteiger partial charge in [0.2, 0.25) is 0 Å². The number of rotatable bonds is 6. The van der Waals surface area contributed by atoms with E-state index in [0.717, 1.165) is 6.08 Å². The molecule has 1 saturated carbocycles. The van der Waals surface area contributed by atoms with Crippen LogP contribution in [0.25, 0.3) is 6.08 Å². The van der Waals surface area contributed by atoms with Crippen LogP contribution in [0.2, 0.25) is 0 Å². The summed E-state index contributed by atoms with van der Waals surface area (Å²) in [5, 5.41) is 49.0. The number of carbonyl (C=O) groups is 3. The molecule has 1 fully saturated rings. The van der Waals surface area contributed by atoms with E-state index in [9.17, 15) is 39.9 Å². The summed E-state index contributed by atoms with van der Waals surface area (Å²) in [5.41, 5.74) is -1.88. The van der Waals surface area contributed by atoms with E-state index < -0.39 is 60.4 Å². The molecule has 0 saturated heterocycles. The van der Waals surface area contributed by atoms with Gasteiger partial charge in [-0.25, -0.2) is 14.4 Å². The molecule has 174 valence electrons. The van der Waals surface area contributed by atoms with E-state index in [1.54, 1.807) is 18.2 Å². The molecule has 33 heavy (non-hydrogen) atoms. The van der Waals surface area contributed by atoms with Gasteiger partial charge in [-0.2, -0.15) is 0 Å². The Labute approximate surface area is 187 Å². The molecule has 10 nitrogen and oxygen atoms in total. The molecule has 0 amide bonds. The number of carboxylic acids is 1. The van der Waals surface area contributed by atoms with Gasteiger partial charge in [0.25, 0.3) is 0 Å². The average Bonchev–Trinajstić information content (AvgIpc) is 2.77. The molecule has 0 unspecified atom stereocenters. The van der Waals surface area contributed by atoms with Crippen LogP contribution < -0.4 is 0 Å². The lowest BCUT2D eigenvalue weighted by molar-refractivity contribution is -0.196. The molecule has 5 N–H and O–H groups in total. The normalized spacial score (nSPS) is 24.8. The molecule has 0 radical (unpaired) electrons. The summed E-state index contributed by atoms with van der Waals surface area (Å²) >= 11 is 0. The highest BCUT2D eigenvalue weighted by Gasteiger charge is 2.52. The van der Waals surface area contributed by atoms with Gasteiger partial charge in [0.15, 0.2) is 23.2 Å². The number of phenols is 2. The Balaban J connectivity index is 1.78. The van der Waals surface area contributed by atoms with Gasteiger partial charge in [0.05, 0.1) is 11.7 Å². The van der Waals surface area contributed by atoms with Crippen LogP contribution in [0.1, 0.15) is 28.8 Å². The molecule has 1 aliphatic rings. The van der Waals surface area contributed by atoms with Crippen molar-refractivity contribution in [3.8, 4) is 11.5 Å². The van der Waals surface area contributed by atoms with Crippen LogP contribution in [0.3, 0.4) is 0 Å². The highest BCUT2D eigenvalue weighted by molar-refractivity contribution is 5.90. The number of esters is 2. The average molecular weight is 458 g/mol. The SMILES string of the molecule is O=C(/C=C/c1ccc(O)c(O)c1)O[C@@H]1C[C@](O)(C(=O)O)C[C@@H](O)[C@H]1OC(=O)c1ccccc1. The third-order valence-corrected chi connectivity index (χ3v) is 5.16. The fourth-order valence-corrected chi connectivity index (χ4v) is 3.44. The molecule has 0 spiro atoms. The van der Waals surface area contributed by atoms with Gasteiger partial charge in [0.1, 0.15) is 6.10 Å². The number of aliphatic carboxylic acids is 1. The van der Waals surface area contributed by atoms with Crippen LogP contribution >= 0.6 is 0 Å². The monoisotopic (exact) mass is 458 g/mol. The summed E-state index contributed by atoms with van der Waals surface area (Å²) in [6.45, 7) is 0. The Morgan fingerprint density at radius 2 is 1.67 bits per heavy atom. The highest BCUT2D eigenvalue weighted by Crippen LogP contribution is 2.33. The Morgan fingerprint density at radius 1 is 0.970 bits per heavy atom. The topological polar surface area (TPSA) is 171 Å². The van der Waals surface area contributed by atoms with Crippen LogP contribution in [-0.4, -0.2) is 67.4 Å². The summed E-state index contributed by atoms with van der Waals surface area (Å²) in [6, 6.07) is 11.6. The van der Waals surface area contributed by atoms with Crippen molar-refractivity contribution in [2.24, 2.45) is 0 Å². The maximum atomic E-state index is 12.4. The van der Waals surface area contributed by atoms with Crippen molar-refractivity contribution in [2.45, 2.75) is 36.8 Å². The number of carboxylic acid groups (broad SMARTS) is 1. The lowest BCUT2D eigenvalue weighted by Gasteiger charge is -2.40. The lowest BCUT2D eigenvalue weighted by Crippen LogP contribution is -2.58. The van der Waals surface area contributed by atoms with Gasteiger partial charge in [-0.05, 0) is 35.9 Å². The largest absolute Gasteiger partial charge is 0.504 e. The third-order valence-electron chi connectivity index (χ3n) is 5.16. The predicted octanol–water partition coefficient (Wildman–Crippen LogP) is 1.22. The van der Waals surface area contributed by atoms with Crippen molar-refractivity contribution in [2.75, 3.05) is 0 Å². The third kappa shape index (κ3) is 5.68. The molecule has 1 aliphatic carbocycles. The molecule has 0 aromatic heterocycles. The second-order valence-corrected chi connectivity index (χ2v) is 7.61. The van der Waals surface area contributed by atoms with Crippen LogP contribution in [0.5, 0.6) is 11.5 Å². The minimum Gasteiger partial charge on any atom is -0.504 e. The van der Waals surface area contributed by atoms with Crippen LogP contribution in [-0.2, 0) is 19.1 Å². The first-order chi connectivity index (χ1) is 15.6. The molecular formula is C23H22O10. The zero-order chi connectivity index (χ0) is 24.2. The van der Waals surface area contributed by atoms with Crippen LogP contribution in [0.15, 0.2) is 54.6 Å².